The topological polar surface area (TPSA) is 38.1 Å². The second-order valence-electron chi connectivity index (χ2n) is 6.55. The summed E-state index contributed by atoms with van der Waals surface area (Å²) in [6, 6.07) is 8.67. The van der Waals surface area contributed by atoms with Gasteiger partial charge < -0.3 is 4.90 Å². The fourth-order valence-electron chi connectivity index (χ4n) is 3.52. The zero-order valence-corrected chi connectivity index (χ0v) is 14.3. The van der Waals surface area contributed by atoms with Crippen molar-refractivity contribution in [3.8, 4) is 0 Å². The van der Waals surface area contributed by atoms with Gasteiger partial charge in [-0.15, -0.1) is 0 Å². The van der Waals surface area contributed by atoms with Crippen molar-refractivity contribution >= 4 is 5.91 Å². The number of nitrogens with zero attached hydrogens (tertiary/aromatic N) is 3. The van der Waals surface area contributed by atoms with Crippen molar-refractivity contribution in [1.82, 2.24) is 14.7 Å². The molecule has 1 aromatic carbocycles. The Hall–Kier alpha value is -2.17. The maximum absolute atomic E-state index is 13.1. The molecule has 1 amide bonds. The number of halogens is 1. The van der Waals surface area contributed by atoms with E-state index in [0.717, 1.165) is 49.3 Å². The SMILES string of the molecule is Cc1cc(C)n(CCCC(=O)N2CCC[C@@H]2c2ccc(F)cc2)n1. The van der Waals surface area contributed by atoms with E-state index < -0.39 is 0 Å². The van der Waals surface area contributed by atoms with E-state index in [9.17, 15) is 9.18 Å². The van der Waals surface area contributed by atoms with Crippen LogP contribution < -0.4 is 0 Å². The van der Waals surface area contributed by atoms with Gasteiger partial charge in [0.2, 0.25) is 5.91 Å². The van der Waals surface area contributed by atoms with E-state index in [4.69, 9.17) is 0 Å². The number of carbonyl (C=O) groups is 1. The first-order valence-corrected chi connectivity index (χ1v) is 8.60. The minimum atomic E-state index is -0.237. The maximum Gasteiger partial charge on any atom is 0.223 e. The number of aromatic nitrogens is 2. The quantitative estimate of drug-likeness (QED) is 0.837. The molecule has 4 nitrogen and oxygen atoms in total. The van der Waals surface area contributed by atoms with Gasteiger partial charge in [0.25, 0.3) is 0 Å². The summed E-state index contributed by atoms with van der Waals surface area (Å²) in [7, 11) is 0. The molecule has 0 N–H and O–H groups in total. The van der Waals surface area contributed by atoms with Gasteiger partial charge in [-0.05, 0) is 56.9 Å². The Kier molecular flexibility index (Phi) is 4.97. The third-order valence-corrected chi connectivity index (χ3v) is 4.69. The summed E-state index contributed by atoms with van der Waals surface area (Å²) in [6.07, 6.45) is 3.27. The number of rotatable bonds is 5. The number of amides is 1. The predicted octanol–water partition coefficient (Wildman–Crippen LogP) is 3.78. The lowest BCUT2D eigenvalue weighted by Crippen LogP contribution is -2.30. The molecular weight excluding hydrogens is 305 g/mol. The van der Waals surface area contributed by atoms with Crippen molar-refractivity contribution in [2.45, 2.75) is 52.1 Å². The Balaban J connectivity index is 1.57. The largest absolute Gasteiger partial charge is 0.336 e. The van der Waals surface area contributed by atoms with Gasteiger partial charge in [0.05, 0.1) is 11.7 Å². The number of hydrogen-bond donors (Lipinski definition) is 0. The van der Waals surface area contributed by atoms with Gasteiger partial charge in [-0.1, -0.05) is 12.1 Å². The van der Waals surface area contributed by atoms with Gasteiger partial charge in [0.1, 0.15) is 5.82 Å². The third kappa shape index (κ3) is 3.66. The second kappa shape index (κ2) is 7.16. The minimum Gasteiger partial charge on any atom is -0.336 e. The first-order chi connectivity index (χ1) is 11.5. The third-order valence-electron chi connectivity index (χ3n) is 4.69. The lowest BCUT2D eigenvalue weighted by molar-refractivity contribution is -0.132. The smallest absolute Gasteiger partial charge is 0.223 e. The van der Waals surface area contributed by atoms with E-state index in [1.807, 2.05) is 29.5 Å². The van der Waals surface area contributed by atoms with Crippen molar-refractivity contribution in [2.24, 2.45) is 0 Å². The maximum atomic E-state index is 13.1. The van der Waals surface area contributed by atoms with E-state index in [1.54, 1.807) is 12.1 Å². The van der Waals surface area contributed by atoms with Crippen LogP contribution in [0.5, 0.6) is 0 Å². The highest BCUT2D eigenvalue weighted by atomic mass is 19.1. The van der Waals surface area contributed by atoms with Crippen LogP contribution in [0.25, 0.3) is 0 Å². The Morgan fingerprint density at radius 1 is 1.29 bits per heavy atom. The molecule has 1 fully saturated rings. The van der Waals surface area contributed by atoms with Crippen LogP contribution in [-0.2, 0) is 11.3 Å². The van der Waals surface area contributed by atoms with E-state index in [2.05, 4.69) is 5.10 Å². The van der Waals surface area contributed by atoms with Crippen LogP contribution in [0.1, 0.15) is 48.7 Å². The lowest BCUT2D eigenvalue weighted by atomic mass is 10.0. The molecule has 2 heterocycles. The summed E-state index contributed by atoms with van der Waals surface area (Å²) in [6.45, 7) is 5.57. The van der Waals surface area contributed by atoms with E-state index in [0.29, 0.717) is 6.42 Å². The molecule has 1 atom stereocenters. The summed E-state index contributed by atoms with van der Waals surface area (Å²) in [5, 5.41) is 4.43. The normalized spacial score (nSPS) is 17.5. The number of benzene rings is 1. The molecule has 1 saturated heterocycles. The van der Waals surface area contributed by atoms with Gasteiger partial charge in [0.15, 0.2) is 0 Å². The fraction of sp³-hybridized carbons (Fsp3) is 0.474. The standard InChI is InChI=1S/C19H24FN3O/c1-14-13-15(2)23(21-14)12-4-6-19(24)22-11-3-5-18(22)16-7-9-17(20)10-8-16/h7-10,13,18H,3-6,11-12H2,1-2H3/t18-/m1/s1. The molecule has 2 aromatic rings. The van der Waals surface area contributed by atoms with Crippen LogP contribution >= 0.6 is 0 Å². The van der Waals surface area contributed by atoms with Gasteiger partial charge >= 0.3 is 0 Å². The fourth-order valence-corrected chi connectivity index (χ4v) is 3.52. The summed E-state index contributed by atoms with van der Waals surface area (Å²) >= 11 is 0. The predicted molar refractivity (Wildman–Crippen MR) is 91.0 cm³/mol. The van der Waals surface area contributed by atoms with Gasteiger partial charge in [-0.3, -0.25) is 9.48 Å². The van der Waals surface area contributed by atoms with Crippen LogP contribution in [0, 0.1) is 19.7 Å². The van der Waals surface area contributed by atoms with Crippen molar-refractivity contribution in [3.05, 3.63) is 53.1 Å². The van der Waals surface area contributed by atoms with Crippen molar-refractivity contribution in [1.29, 1.82) is 0 Å². The Bertz CT molecular complexity index is 708. The van der Waals surface area contributed by atoms with Crippen LogP contribution in [-0.4, -0.2) is 27.1 Å². The van der Waals surface area contributed by atoms with Crippen LogP contribution in [0.3, 0.4) is 0 Å². The molecular formula is C19H24FN3O. The zero-order chi connectivity index (χ0) is 17.1. The highest BCUT2D eigenvalue weighted by Gasteiger charge is 2.29. The molecule has 5 heteroatoms. The van der Waals surface area contributed by atoms with E-state index in [-0.39, 0.29) is 17.8 Å². The molecule has 0 spiro atoms. The molecule has 1 aliphatic heterocycles. The lowest BCUT2D eigenvalue weighted by Gasteiger charge is -2.25. The number of likely N-dealkylation sites (tertiary alicyclic amines) is 1. The number of aryl methyl sites for hydroxylation is 3. The molecule has 0 saturated carbocycles. The summed E-state index contributed by atoms with van der Waals surface area (Å²) in [5.74, 6) is -0.0529. The average molecular weight is 329 g/mol. The minimum absolute atomic E-state index is 0.0896. The van der Waals surface area contributed by atoms with Crippen LogP contribution in [0.4, 0.5) is 4.39 Å². The first-order valence-electron chi connectivity index (χ1n) is 8.60. The molecule has 0 unspecified atom stereocenters. The van der Waals surface area contributed by atoms with E-state index >= 15 is 0 Å². The van der Waals surface area contributed by atoms with Crippen LogP contribution in [0.2, 0.25) is 0 Å². The second-order valence-corrected chi connectivity index (χ2v) is 6.55. The van der Waals surface area contributed by atoms with Crippen LogP contribution in [0.15, 0.2) is 30.3 Å². The molecule has 24 heavy (non-hydrogen) atoms. The van der Waals surface area contributed by atoms with Gasteiger partial charge in [-0.2, -0.15) is 5.10 Å². The summed E-state index contributed by atoms with van der Waals surface area (Å²) in [5.41, 5.74) is 3.17. The van der Waals surface area contributed by atoms with Crippen molar-refractivity contribution in [2.75, 3.05) is 6.54 Å². The molecule has 3 rings (SSSR count). The Morgan fingerprint density at radius 2 is 2.04 bits per heavy atom. The Morgan fingerprint density at radius 3 is 2.71 bits per heavy atom. The highest BCUT2D eigenvalue weighted by Crippen LogP contribution is 2.32. The Labute approximate surface area is 142 Å². The average Bonchev–Trinajstić information content (AvgIpc) is 3.15. The molecule has 1 aromatic heterocycles. The van der Waals surface area contributed by atoms with Crippen molar-refractivity contribution < 1.29 is 9.18 Å². The van der Waals surface area contributed by atoms with Crippen molar-refractivity contribution in [3.63, 3.8) is 0 Å². The van der Waals surface area contributed by atoms with Gasteiger partial charge in [-0.25, -0.2) is 4.39 Å². The number of carbonyl (C=O) groups excluding carboxylic acids is 1. The monoisotopic (exact) mass is 329 g/mol. The van der Waals surface area contributed by atoms with E-state index in [1.165, 1.54) is 12.1 Å². The molecule has 0 radical (unpaired) electrons. The molecule has 1 aliphatic rings. The molecule has 0 bridgehead atoms. The zero-order valence-electron chi connectivity index (χ0n) is 14.3. The summed E-state index contributed by atoms with van der Waals surface area (Å²) < 4.78 is 15.1. The van der Waals surface area contributed by atoms with Gasteiger partial charge in [0, 0.05) is 25.2 Å². The highest BCUT2D eigenvalue weighted by molar-refractivity contribution is 5.77. The summed E-state index contributed by atoms with van der Waals surface area (Å²) in [4.78, 5) is 14.6. The first kappa shape index (κ1) is 16.7. The molecule has 128 valence electrons. The number of hydrogen-bond acceptors (Lipinski definition) is 2. The molecule has 0 aliphatic carbocycles.